The molecule has 96 valence electrons. The van der Waals surface area contributed by atoms with Crippen molar-refractivity contribution in [2.75, 3.05) is 13.6 Å². The molecule has 0 aliphatic heterocycles. The van der Waals surface area contributed by atoms with Crippen LogP contribution in [-0.2, 0) is 6.54 Å². The molecule has 0 spiro atoms. The molecule has 1 aromatic carbocycles. The van der Waals surface area contributed by atoms with Crippen molar-refractivity contribution in [1.29, 1.82) is 0 Å². The van der Waals surface area contributed by atoms with Crippen LogP contribution >= 0.6 is 15.9 Å². The van der Waals surface area contributed by atoms with Gasteiger partial charge in [-0.15, -0.1) is 0 Å². The quantitative estimate of drug-likeness (QED) is 0.905. The summed E-state index contributed by atoms with van der Waals surface area (Å²) < 4.78 is 1.14. The highest BCUT2D eigenvalue weighted by atomic mass is 79.9. The first-order chi connectivity index (χ1) is 7.95. The lowest BCUT2D eigenvalue weighted by molar-refractivity contribution is 0.189. The predicted octanol–water partition coefficient (Wildman–Crippen LogP) is 3.17. The van der Waals surface area contributed by atoms with Crippen LogP contribution in [-0.4, -0.2) is 24.5 Å². The third-order valence-electron chi connectivity index (χ3n) is 3.31. The average Bonchev–Trinajstić information content (AvgIpc) is 2.24. The summed E-state index contributed by atoms with van der Waals surface area (Å²) in [5.74, 6) is 0.581. The second-order valence-electron chi connectivity index (χ2n) is 5.03. The van der Waals surface area contributed by atoms with Gasteiger partial charge < -0.3 is 5.73 Å². The molecule has 0 bridgehead atoms. The van der Waals surface area contributed by atoms with Crippen LogP contribution in [0.3, 0.4) is 0 Å². The van der Waals surface area contributed by atoms with Gasteiger partial charge in [-0.25, -0.2) is 0 Å². The molecule has 17 heavy (non-hydrogen) atoms. The second-order valence-corrected chi connectivity index (χ2v) is 5.95. The lowest BCUT2D eigenvalue weighted by atomic mass is 10.0. The van der Waals surface area contributed by atoms with Crippen molar-refractivity contribution >= 4 is 15.9 Å². The van der Waals surface area contributed by atoms with Gasteiger partial charge in [0.05, 0.1) is 0 Å². The highest BCUT2D eigenvalue weighted by Gasteiger charge is 2.17. The third-order valence-corrected chi connectivity index (χ3v) is 3.80. The average molecular weight is 299 g/mol. The summed E-state index contributed by atoms with van der Waals surface area (Å²) in [6.07, 6.45) is 0. The Kier molecular flexibility index (Phi) is 5.63. The molecule has 0 aliphatic carbocycles. The molecule has 1 unspecified atom stereocenters. The smallest absolute Gasteiger partial charge is 0.0241 e. The summed E-state index contributed by atoms with van der Waals surface area (Å²) in [7, 11) is 2.15. The number of nitrogens with two attached hydrogens (primary N) is 1. The minimum Gasteiger partial charge on any atom is -0.329 e. The summed E-state index contributed by atoms with van der Waals surface area (Å²) in [5.41, 5.74) is 8.54. The van der Waals surface area contributed by atoms with Crippen molar-refractivity contribution in [1.82, 2.24) is 4.90 Å². The molecule has 2 N–H and O–H groups in total. The number of aryl methyl sites for hydroxylation is 1. The zero-order valence-electron chi connectivity index (χ0n) is 11.2. The normalized spacial score (nSPS) is 13.4. The fourth-order valence-corrected chi connectivity index (χ4v) is 2.57. The lowest BCUT2D eigenvalue weighted by Crippen LogP contribution is -2.41. The number of hydrogen-bond donors (Lipinski definition) is 1. The zero-order valence-corrected chi connectivity index (χ0v) is 12.8. The van der Waals surface area contributed by atoms with E-state index in [2.05, 4.69) is 66.8 Å². The zero-order chi connectivity index (χ0) is 13.0. The van der Waals surface area contributed by atoms with Crippen LogP contribution in [0, 0.1) is 12.8 Å². The van der Waals surface area contributed by atoms with Crippen LogP contribution in [0.5, 0.6) is 0 Å². The van der Waals surface area contributed by atoms with E-state index in [0.717, 1.165) is 11.0 Å². The van der Waals surface area contributed by atoms with Crippen molar-refractivity contribution in [2.24, 2.45) is 11.7 Å². The van der Waals surface area contributed by atoms with Gasteiger partial charge in [0.1, 0.15) is 0 Å². The molecule has 0 saturated heterocycles. The van der Waals surface area contributed by atoms with Crippen LogP contribution in [0.2, 0.25) is 0 Å². The first kappa shape index (κ1) is 14.7. The molecular weight excluding hydrogens is 276 g/mol. The number of benzene rings is 1. The van der Waals surface area contributed by atoms with Gasteiger partial charge in [-0.3, -0.25) is 4.90 Å². The standard InChI is InChI=1S/C14H23BrN2/c1-10(2)14(8-16)17(4)9-12-7-13(15)6-5-11(12)3/h5-7,10,14H,8-9,16H2,1-4H3. The Bertz CT molecular complexity index is 363. The molecule has 0 aromatic heterocycles. The maximum atomic E-state index is 5.85. The minimum absolute atomic E-state index is 0.438. The van der Waals surface area contributed by atoms with E-state index in [1.165, 1.54) is 11.1 Å². The monoisotopic (exact) mass is 298 g/mol. The van der Waals surface area contributed by atoms with E-state index in [4.69, 9.17) is 5.73 Å². The van der Waals surface area contributed by atoms with Gasteiger partial charge in [0.2, 0.25) is 0 Å². The molecule has 1 rings (SSSR count). The van der Waals surface area contributed by atoms with Gasteiger partial charge in [0, 0.05) is 23.6 Å². The summed E-state index contributed by atoms with van der Waals surface area (Å²) in [6.45, 7) is 8.26. The molecule has 0 heterocycles. The molecule has 0 amide bonds. The molecule has 0 saturated carbocycles. The second kappa shape index (κ2) is 6.53. The first-order valence-electron chi connectivity index (χ1n) is 6.11. The summed E-state index contributed by atoms with van der Waals surface area (Å²) in [4.78, 5) is 2.35. The van der Waals surface area contributed by atoms with Crippen molar-refractivity contribution < 1.29 is 0 Å². The van der Waals surface area contributed by atoms with Gasteiger partial charge in [-0.2, -0.15) is 0 Å². The van der Waals surface area contributed by atoms with Gasteiger partial charge in [-0.1, -0.05) is 35.8 Å². The molecular formula is C14H23BrN2. The molecule has 3 heteroatoms. The van der Waals surface area contributed by atoms with Crippen LogP contribution in [0.15, 0.2) is 22.7 Å². The van der Waals surface area contributed by atoms with Gasteiger partial charge >= 0.3 is 0 Å². The van der Waals surface area contributed by atoms with E-state index >= 15 is 0 Å². The molecule has 0 radical (unpaired) electrons. The van der Waals surface area contributed by atoms with E-state index in [0.29, 0.717) is 18.5 Å². The molecule has 1 atom stereocenters. The maximum absolute atomic E-state index is 5.85. The third kappa shape index (κ3) is 4.09. The lowest BCUT2D eigenvalue weighted by Gasteiger charge is -2.30. The molecule has 1 aromatic rings. The Balaban J connectivity index is 2.79. The fraction of sp³-hybridized carbons (Fsp3) is 0.571. The van der Waals surface area contributed by atoms with Gasteiger partial charge in [-0.05, 0) is 43.1 Å². The highest BCUT2D eigenvalue weighted by Crippen LogP contribution is 2.19. The van der Waals surface area contributed by atoms with Gasteiger partial charge in [0.25, 0.3) is 0 Å². The Labute approximate surface area is 113 Å². The number of rotatable bonds is 5. The van der Waals surface area contributed by atoms with Crippen molar-refractivity contribution in [3.63, 3.8) is 0 Å². The van der Waals surface area contributed by atoms with Crippen LogP contribution in [0.4, 0.5) is 0 Å². The number of hydrogen-bond acceptors (Lipinski definition) is 2. The summed E-state index contributed by atoms with van der Waals surface area (Å²) in [5, 5.41) is 0. The fourth-order valence-electron chi connectivity index (χ4n) is 2.16. The topological polar surface area (TPSA) is 29.3 Å². The van der Waals surface area contributed by atoms with E-state index in [1.807, 2.05) is 0 Å². The molecule has 2 nitrogen and oxygen atoms in total. The Morgan fingerprint density at radius 1 is 1.35 bits per heavy atom. The van der Waals surface area contributed by atoms with Crippen LogP contribution in [0.1, 0.15) is 25.0 Å². The Morgan fingerprint density at radius 3 is 2.53 bits per heavy atom. The number of nitrogens with zero attached hydrogens (tertiary/aromatic N) is 1. The van der Waals surface area contributed by atoms with Crippen molar-refractivity contribution in [3.05, 3.63) is 33.8 Å². The Morgan fingerprint density at radius 2 is 2.00 bits per heavy atom. The first-order valence-corrected chi connectivity index (χ1v) is 6.90. The van der Waals surface area contributed by atoms with Crippen molar-refractivity contribution in [2.45, 2.75) is 33.4 Å². The molecule has 0 fully saturated rings. The van der Waals surface area contributed by atoms with Gasteiger partial charge in [0.15, 0.2) is 0 Å². The largest absolute Gasteiger partial charge is 0.329 e. The SMILES string of the molecule is Cc1ccc(Br)cc1CN(C)C(CN)C(C)C. The van der Waals surface area contributed by atoms with E-state index < -0.39 is 0 Å². The predicted molar refractivity (Wildman–Crippen MR) is 78.0 cm³/mol. The van der Waals surface area contributed by atoms with E-state index in [1.54, 1.807) is 0 Å². The number of halogens is 1. The van der Waals surface area contributed by atoms with E-state index in [9.17, 15) is 0 Å². The summed E-state index contributed by atoms with van der Waals surface area (Å²) >= 11 is 3.53. The minimum atomic E-state index is 0.438. The maximum Gasteiger partial charge on any atom is 0.0241 e. The van der Waals surface area contributed by atoms with Crippen LogP contribution < -0.4 is 5.73 Å². The highest BCUT2D eigenvalue weighted by molar-refractivity contribution is 9.10. The molecule has 0 aliphatic rings. The summed E-state index contributed by atoms with van der Waals surface area (Å²) in [6, 6.07) is 6.87. The van der Waals surface area contributed by atoms with Crippen molar-refractivity contribution in [3.8, 4) is 0 Å². The Hall–Kier alpha value is -0.380. The van der Waals surface area contributed by atoms with Crippen LogP contribution in [0.25, 0.3) is 0 Å². The van der Waals surface area contributed by atoms with E-state index in [-0.39, 0.29) is 0 Å². The number of likely N-dealkylation sites (N-methyl/N-ethyl adjacent to an activating group) is 1.